The molecule has 52 heavy (non-hydrogen) atoms. The summed E-state index contributed by atoms with van der Waals surface area (Å²) in [5.74, 6) is -0.493. The number of hydrogen-bond donors (Lipinski definition) is 6. The van der Waals surface area contributed by atoms with Crippen molar-refractivity contribution in [2.24, 2.45) is 0 Å². The van der Waals surface area contributed by atoms with Crippen LogP contribution in [0.1, 0.15) is 86.5 Å². The number of aliphatic hydroxyl groups excluding tert-OH is 1. The molecule has 17 heteroatoms. The molecule has 0 aliphatic rings. The molecule has 0 rings (SSSR count). The molecule has 0 radical (unpaired) electrons. The molecule has 0 aromatic carbocycles. The summed E-state index contributed by atoms with van der Waals surface area (Å²) in [7, 11) is 0. The summed E-state index contributed by atoms with van der Waals surface area (Å²) < 4.78 is 11.2. The Hall–Kier alpha value is -0.755. The number of thioether (sulfide) groups is 1. The second-order valence-corrected chi connectivity index (χ2v) is 14.6. The average Bonchev–Trinajstić information content (AvgIpc) is 3.01. The van der Waals surface area contributed by atoms with Gasteiger partial charge in [0.15, 0.2) is 0 Å². The maximum atomic E-state index is 12.9. The molecule has 0 heterocycles. The van der Waals surface area contributed by atoms with Crippen LogP contribution in [0.3, 0.4) is 0 Å². The number of ether oxygens (including phenoxy) is 2. The molecular formula is C35H67N5O9RbS2-3. The van der Waals surface area contributed by atoms with Crippen molar-refractivity contribution in [3.05, 3.63) is 21.8 Å². The van der Waals surface area contributed by atoms with Crippen molar-refractivity contribution in [3.8, 4) is 0 Å². The quantitative estimate of drug-likeness (QED) is 0.0374. The smallest absolute Gasteiger partial charge is 0.665 e. The number of unbranched alkanes of at least 4 members (excludes halogenated alkanes) is 1. The van der Waals surface area contributed by atoms with Gasteiger partial charge in [-0.15, -0.1) is 11.8 Å². The largest absolute Gasteiger partial charge is 1.00 e. The molecule has 0 aliphatic heterocycles. The van der Waals surface area contributed by atoms with E-state index in [4.69, 9.17) is 19.4 Å². The first-order valence-corrected chi connectivity index (χ1v) is 18.3. The Kier molecular flexibility index (Phi) is 43.3. The minimum absolute atomic E-state index is 0. The molecule has 0 aromatic rings. The van der Waals surface area contributed by atoms with E-state index in [1.807, 2.05) is 41.5 Å². The van der Waals surface area contributed by atoms with E-state index in [0.717, 1.165) is 19.3 Å². The van der Waals surface area contributed by atoms with E-state index in [2.05, 4.69) is 40.8 Å². The molecular weight excluding hydrogens is 784 g/mol. The zero-order valence-electron chi connectivity index (χ0n) is 33.3. The Morgan fingerprint density at radius 1 is 0.808 bits per heavy atom. The summed E-state index contributed by atoms with van der Waals surface area (Å²) >= 11 is 5.47. The van der Waals surface area contributed by atoms with Gasteiger partial charge in [-0.2, -0.15) is 19.0 Å². The number of thiol groups is 1. The maximum absolute atomic E-state index is 12.9. The number of amides is 5. The average molecular weight is 852 g/mol. The second kappa shape index (κ2) is 37.2. The zero-order valence-corrected chi connectivity index (χ0v) is 39.9. The number of nitrogens with zero attached hydrogens (tertiary/aromatic N) is 1. The minimum Gasteiger partial charge on any atom is -0.665 e. The van der Waals surface area contributed by atoms with Crippen molar-refractivity contribution in [2.45, 2.75) is 103 Å². The fourth-order valence-corrected chi connectivity index (χ4v) is 4.83. The Labute approximate surface area is 373 Å². The summed E-state index contributed by atoms with van der Waals surface area (Å²) in [4.78, 5) is 71.1. The third-order valence-electron chi connectivity index (χ3n) is 6.74. The normalized spacial score (nSPS) is 10.6. The van der Waals surface area contributed by atoms with E-state index in [-0.39, 0.29) is 159 Å². The molecule has 5 amide bonds. The first kappa shape index (κ1) is 60.5. The molecule has 302 valence electrons. The fourth-order valence-electron chi connectivity index (χ4n) is 4.14. The molecule has 14 nitrogen and oxygen atoms in total. The monoisotopic (exact) mass is 850 g/mol. The van der Waals surface area contributed by atoms with Crippen LogP contribution in [0.25, 0.3) is 0 Å². The third-order valence-corrected chi connectivity index (χ3v) is 8.12. The first-order valence-electron chi connectivity index (χ1n) is 16.6. The van der Waals surface area contributed by atoms with Crippen molar-refractivity contribution in [2.75, 3.05) is 64.1 Å². The Bertz CT molecular complexity index is 977. The van der Waals surface area contributed by atoms with E-state index >= 15 is 0 Å². The predicted octanol–water partition coefficient (Wildman–Crippen LogP) is 0.0226. The molecule has 0 atom stereocenters. The fraction of sp³-hybridized carbons (Fsp3) is 0.743. The van der Waals surface area contributed by atoms with Gasteiger partial charge < -0.3 is 67.3 Å². The summed E-state index contributed by atoms with van der Waals surface area (Å²) in [5, 5.41) is 18.6. The second-order valence-electron chi connectivity index (χ2n) is 12.7. The van der Waals surface area contributed by atoms with Gasteiger partial charge >= 0.3 is 58.2 Å². The van der Waals surface area contributed by atoms with Gasteiger partial charge in [0, 0.05) is 63.1 Å². The summed E-state index contributed by atoms with van der Waals surface area (Å²) in [6.45, 7) is 18.7. The standard InChI is InChI=1S/C32H60N5O7S2.CHO2.2CH3.Rb/c1-8-9-13-31(4,5)36-27(39)12-19-43-21-22-44-20-14-32(6,7)35-26(38)10-11-30(42)37(17-15-33-28(40)23-45)18-16-34-29(41)24-46-25(2)3;2-1-3;;;/h25,45H,1,8-24H2,2-7H3,(H,33,40)(H,34,41)(H,35,38)(H,36,39);(H,2,3);2*1H3;/q4*-1;+1. The van der Waals surface area contributed by atoms with Gasteiger partial charge in [-0.1, -0.05) is 26.7 Å². The summed E-state index contributed by atoms with van der Waals surface area (Å²) in [6.07, 6.45) is 3.53. The van der Waals surface area contributed by atoms with Gasteiger partial charge in [-0.3, -0.25) is 24.0 Å². The molecule has 0 aliphatic carbocycles. The van der Waals surface area contributed by atoms with Crippen LogP contribution in [-0.2, 0) is 38.2 Å². The van der Waals surface area contributed by atoms with Gasteiger partial charge in [0.05, 0.1) is 31.3 Å². The molecule has 5 N–H and O–H groups in total. The van der Waals surface area contributed by atoms with Crippen LogP contribution < -0.4 is 79.5 Å². The van der Waals surface area contributed by atoms with Crippen LogP contribution in [0.2, 0.25) is 0 Å². The Morgan fingerprint density at radius 2 is 1.29 bits per heavy atom. The van der Waals surface area contributed by atoms with Crippen LogP contribution in [0.15, 0.2) is 0 Å². The van der Waals surface area contributed by atoms with Crippen molar-refractivity contribution in [1.82, 2.24) is 26.2 Å². The maximum Gasteiger partial charge on any atom is 1.00 e. The number of carbonyl (C=O) groups is 5. The Morgan fingerprint density at radius 3 is 1.79 bits per heavy atom. The molecule has 0 fully saturated rings. The van der Waals surface area contributed by atoms with Gasteiger partial charge in [0.25, 0.3) is 0 Å². The Balaban J connectivity index is -0.00000118. The van der Waals surface area contributed by atoms with Crippen LogP contribution >= 0.6 is 24.4 Å². The van der Waals surface area contributed by atoms with Crippen molar-refractivity contribution in [3.63, 3.8) is 0 Å². The number of carbonyl (C=O) groups excluding carboxylic acids is 5. The van der Waals surface area contributed by atoms with E-state index in [0.29, 0.717) is 50.3 Å². The van der Waals surface area contributed by atoms with E-state index in [1.165, 1.54) is 11.8 Å². The van der Waals surface area contributed by atoms with E-state index in [1.54, 1.807) is 4.90 Å². The van der Waals surface area contributed by atoms with E-state index < -0.39 is 5.54 Å². The zero-order chi connectivity index (χ0) is 37.7. The molecule has 0 unspecified atom stereocenters. The van der Waals surface area contributed by atoms with Gasteiger partial charge in [-0.05, 0) is 45.8 Å². The van der Waals surface area contributed by atoms with Crippen molar-refractivity contribution in [1.29, 1.82) is 0 Å². The number of hydrogen-bond acceptors (Lipinski definition) is 10. The van der Waals surface area contributed by atoms with Gasteiger partial charge in [0.1, 0.15) is 0 Å². The van der Waals surface area contributed by atoms with E-state index in [9.17, 15) is 24.0 Å². The minimum atomic E-state index is -0.547. The van der Waals surface area contributed by atoms with Crippen LogP contribution in [0, 0.1) is 21.8 Å². The summed E-state index contributed by atoms with van der Waals surface area (Å²) in [6, 6.07) is 0. The topological polar surface area (TPSA) is 192 Å². The number of rotatable bonds is 27. The third kappa shape index (κ3) is 39.0. The van der Waals surface area contributed by atoms with Crippen LogP contribution in [0.4, 0.5) is 0 Å². The number of nitrogens with one attached hydrogen (secondary N) is 4. The predicted molar refractivity (Wildman–Crippen MR) is 209 cm³/mol. The summed E-state index contributed by atoms with van der Waals surface area (Å²) in [5.41, 5.74) is -0.802. The first-order chi connectivity index (χ1) is 23.0. The van der Waals surface area contributed by atoms with Crippen molar-refractivity contribution < 1.29 is 102 Å². The van der Waals surface area contributed by atoms with Crippen molar-refractivity contribution >= 4 is 60.4 Å². The van der Waals surface area contributed by atoms with Gasteiger partial charge in [0.2, 0.25) is 29.5 Å². The van der Waals surface area contributed by atoms with Crippen LogP contribution in [-0.4, -0.2) is 126 Å². The van der Waals surface area contributed by atoms with Crippen LogP contribution in [0.5, 0.6) is 0 Å². The molecule has 0 bridgehead atoms. The SMILES string of the molecule is O=[C-]O.[CH2-]CCCC(C)(C)NC(=O)CCOCCOCCC(C)(C)NC(=O)CCC(=O)N(CCNC(=O)CS)CCNC(=O)CSC(C)C.[CH3-].[CH3-].[Rb+]. The van der Waals surface area contributed by atoms with Gasteiger partial charge in [-0.25, -0.2) is 0 Å². The molecule has 0 saturated heterocycles. The molecule has 0 saturated carbocycles. The molecule has 0 spiro atoms. The molecule has 0 aromatic heterocycles.